The number of furan rings is 1. The maximum absolute atomic E-state index is 12.2. The Labute approximate surface area is 152 Å². The second-order valence-corrected chi connectivity index (χ2v) is 6.01. The van der Waals surface area contributed by atoms with Crippen molar-refractivity contribution in [3.05, 3.63) is 72.4 Å². The van der Waals surface area contributed by atoms with Crippen molar-refractivity contribution in [1.82, 2.24) is 10.3 Å². The van der Waals surface area contributed by atoms with E-state index < -0.39 is 0 Å². The molecule has 1 aromatic carbocycles. The second kappa shape index (κ2) is 8.20. The molecule has 0 bridgehead atoms. The normalized spacial score (nSPS) is 10.6. The Hall–Kier alpha value is -3.28. The summed E-state index contributed by atoms with van der Waals surface area (Å²) in [5.74, 6) is 1.25. The molecule has 0 spiro atoms. The molecule has 6 nitrogen and oxygen atoms in total. The fourth-order valence-corrected chi connectivity index (χ4v) is 2.36. The standard InChI is InChI=1S/C20H21N3O3/c1-14(2)26-17-7-5-15(6-8-17)23-16-9-10-21-19(12-16)20(24)22-13-18-4-3-11-25-18/h3-12,14H,13H2,1-2H3,(H,21,23)(H,22,24). The largest absolute Gasteiger partial charge is 0.491 e. The molecule has 0 radical (unpaired) electrons. The van der Waals surface area contributed by atoms with Gasteiger partial charge in [0.25, 0.3) is 5.91 Å². The molecule has 3 rings (SSSR count). The number of hydrogen-bond acceptors (Lipinski definition) is 5. The summed E-state index contributed by atoms with van der Waals surface area (Å²) in [6.07, 6.45) is 3.30. The highest BCUT2D eigenvalue weighted by molar-refractivity contribution is 5.93. The summed E-state index contributed by atoms with van der Waals surface area (Å²) in [5.41, 5.74) is 2.01. The van der Waals surface area contributed by atoms with Gasteiger partial charge >= 0.3 is 0 Å². The number of aromatic nitrogens is 1. The van der Waals surface area contributed by atoms with Gasteiger partial charge in [-0.2, -0.15) is 0 Å². The van der Waals surface area contributed by atoms with Gasteiger partial charge in [-0.05, 0) is 62.4 Å². The summed E-state index contributed by atoms with van der Waals surface area (Å²) in [7, 11) is 0. The molecule has 2 heterocycles. The van der Waals surface area contributed by atoms with Crippen LogP contribution < -0.4 is 15.4 Å². The first-order chi connectivity index (χ1) is 12.6. The third-order valence-electron chi connectivity index (χ3n) is 3.51. The maximum atomic E-state index is 12.2. The summed E-state index contributed by atoms with van der Waals surface area (Å²) in [6.45, 7) is 4.30. The van der Waals surface area contributed by atoms with Crippen LogP contribution in [0.3, 0.4) is 0 Å². The van der Waals surface area contributed by atoms with Crippen LogP contribution in [0.25, 0.3) is 0 Å². The van der Waals surface area contributed by atoms with Crippen LogP contribution in [0.5, 0.6) is 5.75 Å². The van der Waals surface area contributed by atoms with Crippen molar-refractivity contribution in [2.24, 2.45) is 0 Å². The fraction of sp³-hybridized carbons (Fsp3) is 0.200. The number of ether oxygens (including phenoxy) is 1. The summed E-state index contributed by atoms with van der Waals surface area (Å²) < 4.78 is 10.8. The van der Waals surface area contributed by atoms with Crippen molar-refractivity contribution in [3.8, 4) is 5.75 Å². The predicted octanol–water partition coefficient (Wildman–Crippen LogP) is 4.14. The zero-order valence-electron chi connectivity index (χ0n) is 14.7. The van der Waals surface area contributed by atoms with Crippen molar-refractivity contribution in [3.63, 3.8) is 0 Å². The van der Waals surface area contributed by atoms with E-state index in [1.165, 1.54) is 0 Å². The van der Waals surface area contributed by atoms with E-state index in [4.69, 9.17) is 9.15 Å². The van der Waals surface area contributed by atoms with Crippen LogP contribution >= 0.6 is 0 Å². The lowest BCUT2D eigenvalue weighted by Crippen LogP contribution is -2.23. The zero-order valence-corrected chi connectivity index (χ0v) is 14.7. The number of benzene rings is 1. The van der Waals surface area contributed by atoms with Crippen molar-refractivity contribution in [2.75, 3.05) is 5.32 Å². The first kappa shape index (κ1) is 17.5. The topological polar surface area (TPSA) is 76.4 Å². The lowest BCUT2D eigenvalue weighted by atomic mass is 10.2. The molecule has 2 aromatic heterocycles. The van der Waals surface area contributed by atoms with Gasteiger partial charge in [0.15, 0.2) is 0 Å². The molecule has 26 heavy (non-hydrogen) atoms. The van der Waals surface area contributed by atoms with Crippen LogP contribution in [0.4, 0.5) is 11.4 Å². The first-order valence-electron chi connectivity index (χ1n) is 8.40. The van der Waals surface area contributed by atoms with E-state index in [9.17, 15) is 4.79 Å². The third kappa shape index (κ3) is 4.86. The Bertz CT molecular complexity index is 843. The summed E-state index contributed by atoms with van der Waals surface area (Å²) >= 11 is 0. The molecular formula is C20H21N3O3. The minimum atomic E-state index is -0.259. The van der Waals surface area contributed by atoms with E-state index in [2.05, 4.69) is 15.6 Å². The summed E-state index contributed by atoms with van der Waals surface area (Å²) in [4.78, 5) is 16.4. The SMILES string of the molecule is CC(C)Oc1ccc(Nc2ccnc(C(=O)NCc3ccco3)c2)cc1. The van der Waals surface area contributed by atoms with Gasteiger partial charge in [-0.25, -0.2) is 0 Å². The Morgan fingerprint density at radius 2 is 1.96 bits per heavy atom. The molecule has 0 saturated heterocycles. The maximum Gasteiger partial charge on any atom is 0.270 e. The Kier molecular flexibility index (Phi) is 5.53. The number of rotatable bonds is 7. The van der Waals surface area contributed by atoms with Crippen LogP contribution in [0.2, 0.25) is 0 Å². The number of hydrogen-bond donors (Lipinski definition) is 2. The number of carbonyl (C=O) groups is 1. The average Bonchev–Trinajstić information content (AvgIpc) is 3.15. The minimum absolute atomic E-state index is 0.135. The highest BCUT2D eigenvalue weighted by Gasteiger charge is 2.09. The minimum Gasteiger partial charge on any atom is -0.491 e. The number of nitrogens with one attached hydrogen (secondary N) is 2. The number of amides is 1. The number of nitrogens with zero attached hydrogens (tertiary/aromatic N) is 1. The van der Waals surface area contributed by atoms with Gasteiger partial charge in [0.2, 0.25) is 0 Å². The molecule has 0 atom stereocenters. The Morgan fingerprint density at radius 1 is 1.15 bits per heavy atom. The third-order valence-corrected chi connectivity index (χ3v) is 3.51. The lowest BCUT2D eigenvalue weighted by molar-refractivity contribution is 0.0943. The predicted molar refractivity (Wildman–Crippen MR) is 99.6 cm³/mol. The second-order valence-electron chi connectivity index (χ2n) is 6.01. The smallest absolute Gasteiger partial charge is 0.270 e. The molecule has 6 heteroatoms. The van der Waals surface area contributed by atoms with Gasteiger partial charge in [-0.3, -0.25) is 9.78 Å². The van der Waals surface area contributed by atoms with Gasteiger partial charge in [-0.1, -0.05) is 0 Å². The molecule has 0 aliphatic rings. The van der Waals surface area contributed by atoms with Crippen LogP contribution in [-0.2, 0) is 6.54 Å². The van der Waals surface area contributed by atoms with E-state index in [1.54, 1.807) is 30.7 Å². The van der Waals surface area contributed by atoms with E-state index in [-0.39, 0.29) is 12.0 Å². The molecule has 0 unspecified atom stereocenters. The average molecular weight is 351 g/mol. The molecule has 0 aliphatic carbocycles. The molecule has 0 fully saturated rings. The Balaban J connectivity index is 1.62. The van der Waals surface area contributed by atoms with E-state index in [0.29, 0.717) is 18.0 Å². The van der Waals surface area contributed by atoms with Crippen molar-refractivity contribution >= 4 is 17.3 Å². The van der Waals surface area contributed by atoms with Gasteiger partial charge in [0, 0.05) is 17.6 Å². The molecule has 1 amide bonds. The van der Waals surface area contributed by atoms with Crippen LogP contribution in [0.1, 0.15) is 30.1 Å². The Morgan fingerprint density at radius 3 is 2.65 bits per heavy atom. The van der Waals surface area contributed by atoms with E-state index in [1.807, 2.05) is 44.2 Å². The molecule has 0 aliphatic heterocycles. The monoisotopic (exact) mass is 351 g/mol. The number of pyridine rings is 1. The van der Waals surface area contributed by atoms with Gasteiger partial charge < -0.3 is 19.8 Å². The van der Waals surface area contributed by atoms with Crippen LogP contribution in [0, 0.1) is 0 Å². The van der Waals surface area contributed by atoms with Crippen molar-refractivity contribution in [2.45, 2.75) is 26.5 Å². The summed E-state index contributed by atoms with van der Waals surface area (Å²) in [5, 5.41) is 6.03. The highest BCUT2D eigenvalue weighted by Crippen LogP contribution is 2.21. The summed E-state index contributed by atoms with van der Waals surface area (Å²) in [6, 6.07) is 14.8. The zero-order chi connectivity index (χ0) is 18.4. The van der Waals surface area contributed by atoms with Crippen molar-refractivity contribution in [1.29, 1.82) is 0 Å². The van der Waals surface area contributed by atoms with Crippen LogP contribution in [0.15, 0.2) is 65.4 Å². The number of anilines is 2. The quantitative estimate of drug-likeness (QED) is 0.669. The van der Waals surface area contributed by atoms with Gasteiger partial charge in [0.05, 0.1) is 18.9 Å². The van der Waals surface area contributed by atoms with E-state index >= 15 is 0 Å². The van der Waals surface area contributed by atoms with Gasteiger partial charge in [-0.15, -0.1) is 0 Å². The van der Waals surface area contributed by atoms with Crippen molar-refractivity contribution < 1.29 is 13.9 Å². The van der Waals surface area contributed by atoms with Gasteiger partial charge in [0.1, 0.15) is 17.2 Å². The lowest BCUT2D eigenvalue weighted by Gasteiger charge is -2.11. The highest BCUT2D eigenvalue weighted by atomic mass is 16.5. The first-order valence-corrected chi connectivity index (χ1v) is 8.40. The molecule has 2 N–H and O–H groups in total. The fourth-order valence-electron chi connectivity index (χ4n) is 2.36. The molecule has 3 aromatic rings. The molecule has 134 valence electrons. The van der Waals surface area contributed by atoms with E-state index in [0.717, 1.165) is 17.1 Å². The molecule has 0 saturated carbocycles. The van der Waals surface area contributed by atoms with Crippen LogP contribution in [-0.4, -0.2) is 17.0 Å². The molecular weight excluding hydrogens is 330 g/mol. The number of carbonyl (C=O) groups excluding carboxylic acids is 1.